The fourth-order valence-electron chi connectivity index (χ4n) is 0.997. The van der Waals surface area contributed by atoms with E-state index >= 15 is 0 Å². The van der Waals surface area contributed by atoms with Crippen molar-refractivity contribution in [3.8, 4) is 0 Å². The Kier molecular flexibility index (Phi) is 2.96. The first-order valence-electron chi connectivity index (χ1n) is 3.80. The smallest absolute Gasteiger partial charge is 0.328 e. The molecule has 1 rings (SSSR count). The molecular formula is C7H6F6N2. The highest BCUT2D eigenvalue weighted by molar-refractivity contribution is 4.98. The van der Waals surface area contributed by atoms with E-state index in [0.717, 1.165) is 12.5 Å². The Bertz CT molecular complexity index is 292. The van der Waals surface area contributed by atoms with Crippen LogP contribution in [0.5, 0.6) is 0 Å². The lowest BCUT2D eigenvalue weighted by atomic mass is 10.3. The molecule has 0 aliphatic heterocycles. The highest BCUT2D eigenvalue weighted by Gasteiger charge is 2.31. The van der Waals surface area contributed by atoms with Crippen LogP contribution in [0.2, 0.25) is 0 Å². The van der Waals surface area contributed by atoms with Gasteiger partial charge in [0.2, 0.25) is 0 Å². The molecule has 15 heavy (non-hydrogen) atoms. The summed E-state index contributed by atoms with van der Waals surface area (Å²) >= 11 is 0. The van der Waals surface area contributed by atoms with Crippen molar-refractivity contribution in [1.29, 1.82) is 0 Å². The Labute approximate surface area is 80.5 Å². The van der Waals surface area contributed by atoms with Gasteiger partial charge in [0, 0.05) is 6.20 Å². The third-order valence-corrected chi connectivity index (χ3v) is 1.43. The van der Waals surface area contributed by atoms with Gasteiger partial charge in [-0.25, -0.2) is 4.98 Å². The van der Waals surface area contributed by atoms with Crippen molar-refractivity contribution in [2.75, 3.05) is 0 Å². The van der Waals surface area contributed by atoms with Gasteiger partial charge in [-0.15, -0.1) is 0 Å². The van der Waals surface area contributed by atoms with Crippen LogP contribution in [0.3, 0.4) is 0 Å². The van der Waals surface area contributed by atoms with Gasteiger partial charge in [-0.2, -0.15) is 26.3 Å². The molecule has 0 fully saturated rings. The average Bonchev–Trinajstić information content (AvgIpc) is 2.28. The van der Waals surface area contributed by atoms with E-state index in [9.17, 15) is 26.3 Å². The summed E-state index contributed by atoms with van der Waals surface area (Å²) < 4.78 is 71.5. The number of hydrogen-bond donors (Lipinski definition) is 0. The molecule has 0 aromatic carbocycles. The molecule has 0 spiro atoms. The Balaban J connectivity index is 2.65. The van der Waals surface area contributed by atoms with Gasteiger partial charge >= 0.3 is 12.4 Å². The molecule has 0 unspecified atom stereocenters. The van der Waals surface area contributed by atoms with Gasteiger partial charge in [0.05, 0.1) is 18.4 Å². The second kappa shape index (κ2) is 3.74. The average molecular weight is 232 g/mol. The Morgan fingerprint density at radius 1 is 1.07 bits per heavy atom. The zero-order chi connectivity index (χ0) is 11.7. The second-order valence-electron chi connectivity index (χ2n) is 2.94. The van der Waals surface area contributed by atoms with Crippen molar-refractivity contribution in [2.45, 2.75) is 25.3 Å². The monoisotopic (exact) mass is 232 g/mol. The third-order valence-electron chi connectivity index (χ3n) is 1.43. The third kappa shape index (κ3) is 4.71. The van der Waals surface area contributed by atoms with Gasteiger partial charge in [0.25, 0.3) is 0 Å². The Morgan fingerprint density at radius 3 is 2.13 bits per heavy atom. The highest BCUT2D eigenvalue weighted by atomic mass is 19.4. The molecule has 0 aliphatic rings. The molecule has 0 saturated carbocycles. The highest BCUT2D eigenvalue weighted by Crippen LogP contribution is 2.21. The number of imidazole rings is 1. The van der Waals surface area contributed by atoms with Gasteiger partial charge < -0.3 is 4.57 Å². The minimum atomic E-state index is -4.46. The fourth-order valence-corrected chi connectivity index (χ4v) is 0.997. The summed E-state index contributed by atoms with van der Waals surface area (Å²) in [4.78, 5) is 3.23. The van der Waals surface area contributed by atoms with E-state index < -0.39 is 31.0 Å². The molecule has 0 saturated heterocycles. The van der Waals surface area contributed by atoms with Gasteiger partial charge in [-0.1, -0.05) is 0 Å². The quantitative estimate of drug-likeness (QED) is 0.716. The maximum Gasteiger partial charge on any atom is 0.406 e. The largest absolute Gasteiger partial charge is 0.406 e. The predicted octanol–water partition coefficient (Wildman–Crippen LogP) is 2.55. The predicted molar refractivity (Wildman–Crippen MR) is 38.0 cm³/mol. The van der Waals surface area contributed by atoms with Gasteiger partial charge in [0.1, 0.15) is 6.54 Å². The molecular weight excluding hydrogens is 226 g/mol. The van der Waals surface area contributed by atoms with E-state index in [4.69, 9.17) is 0 Å². The van der Waals surface area contributed by atoms with Crippen LogP contribution in [0.25, 0.3) is 0 Å². The number of alkyl halides is 6. The summed E-state index contributed by atoms with van der Waals surface area (Å²) in [7, 11) is 0. The van der Waals surface area contributed by atoms with E-state index in [0.29, 0.717) is 4.57 Å². The van der Waals surface area contributed by atoms with E-state index in [1.165, 1.54) is 0 Å². The van der Waals surface area contributed by atoms with Crippen molar-refractivity contribution in [3.05, 3.63) is 18.2 Å². The van der Waals surface area contributed by atoms with Crippen LogP contribution in [0.15, 0.2) is 12.5 Å². The first-order chi connectivity index (χ1) is 6.66. The first kappa shape index (κ1) is 11.9. The van der Waals surface area contributed by atoms with Gasteiger partial charge in [-0.3, -0.25) is 0 Å². The lowest BCUT2D eigenvalue weighted by Gasteiger charge is -2.06. The SMILES string of the molecule is FC(F)(F)Cc1cn(CC(F)(F)F)cn1. The van der Waals surface area contributed by atoms with Crippen LogP contribution in [-0.4, -0.2) is 21.9 Å². The normalized spacial score (nSPS) is 13.2. The van der Waals surface area contributed by atoms with Crippen LogP contribution in [-0.2, 0) is 13.0 Å². The molecule has 8 heteroatoms. The lowest BCUT2D eigenvalue weighted by molar-refractivity contribution is -0.140. The van der Waals surface area contributed by atoms with E-state index in [-0.39, 0.29) is 0 Å². The van der Waals surface area contributed by atoms with Crippen LogP contribution < -0.4 is 0 Å². The molecule has 2 nitrogen and oxygen atoms in total. The van der Waals surface area contributed by atoms with Crippen LogP contribution in [0.1, 0.15) is 5.69 Å². The second-order valence-corrected chi connectivity index (χ2v) is 2.94. The molecule has 0 amide bonds. The van der Waals surface area contributed by atoms with Crippen LogP contribution in [0, 0.1) is 0 Å². The summed E-state index contributed by atoms with van der Waals surface area (Å²) in [5, 5.41) is 0. The minimum Gasteiger partial charge on any atom is -0.328 e. The zero-order valence-electron chi connectivity index (χ0n) is 7.23. The van der Waals surface area contributed by atoms with Gasteiger partial charge in [-0.05, 0) is 0 Å². The number of hydrogen-bond acceptors (Lipinski definition) is 1. The Morgan fingerprint density at radius 2 is 1.67 bits per heavy atom. The molecule has 0 radical (unpaired) electrons. The molecule has 0 aliphatic carbocycles. The summed E-state index contributed by atoms with van der Waals surface area (Å²) in [6.07, 6.45) is -8.78. The van der Waals surface area contributed by atoms with Crippen molar-refractivity contribution in [3.63, 3.8) is 0 Å². The standard InChI is InChI=1S/C7H6F6N2/c8-6(9,10)1-5-2-15(4-14-5)3-7(11,12)13/h2,4H,1,3H2. The maximum absolute atomic E-state index is 11.8. The minimum absolute atomic E-state index is 0.424. The summed E-state index contributed by atoms with van der Waals surface area (Å²) in [6, 6.07) is 0. The number of nitrogens with zero attached hydrogens (tertiary/aromatic N) is 2. The molecule has 1 aromatic rings. The van der Waals surface area contributed by atoms with Crippen molar-refractivity contribution in [2.24, 2.45) is 0 Å². The summed E-state index contributed by atoms with van der Waals surface area (Å²) in [5.74, 6) is 0. The zero-order valence-corrected chi connectivity index (χ0v) is 7.23. The topological polar surface area (TPSA) is 17.8 Å². The van der Waals surface area contributed by atoms with Crippen molar-refractivity contribution in [1.82, 2.24) is 9.55 Å². The van der Waals surface area contributed by atoms with E-state index in [2.05, 4.69) is 4.98 Å². The molecule has 1 aromatic heterocycles. The number of halogens is 6. The first-order valence-corrected chi connectivity index (χ1v) is 3.80. The molecule has 0 bridgehead atoms. The summed E-state index contributed by atoms with van der Waals surface area (Å²) in [6.45, 7) is -1.34. The summed E-state index contributed by atoms with van der Waals surface area (Å²) in [5.41, 5.74) is -0.424. The van der Waals surface area contributed by atoms with Crippen molar-refractivity contribution < 1.29 is 26.3 Å². The molecule has 0 N–H and O–H groups in total. The molecule has 1 heterocycles. The van der Waals surface area contributed by atoms with E-state index in [1.807, 2.05) is 0 Å². The van der Waals surface area contributed by atoms with E-state index in [1.54, 1.807) is 0 Å². The lowest BCUT2D eigenvalue weighted by Crippen LogP contribution is -2.16. The number of aromatic nitrogens is 2. The molecule has 86 valence electrons. The number of rotatable bonds is 2. The van der Waals surface area contributed by atoms with Crippen LogP contribution in [0.4, 0.5) is 26.3 Å². The fraction of sp³-hybridized carbons (Fsp3) is 0.571. The molecule has 0 atom stereocenters. The maximum atomic E-state index is 11.8. The van der Waals surface area contributed by atoms with Crippen LogP contribution >= 0.6 is 0 Å². The van der Waals surface area contributed by atoms with Crippen molar-refractivity contribution >= 4 is 0 Å². The van der Waals surface area contributed by atoms with Gasteiger partial charge in [0.15, 0.2) is 0 Å². The Hall–Kier alpha value is -1.21.